The van der Waals surface area contributed by atoms with Gasteiger partial charge in [-0.3, -0.25) is 14.3 Å². The third kappa shape index (κ3) is 4.89. The number of rotatable bonds is 6. The van der Waals surface area contributed by atoms with Gasteiger partial charge in [0.2, 0.25) is 11.8 Å². The molecule has 7 nitrogen and oxygen atoms in total. The van der Waals surface area contributed by atoms with Crippen LogP contribution in [0.5, 0.6) is 0 Å². The van der Waals surface area contributed by atoms with Crippen LogP contribution in [0.15, 0.2) is 29.6 Å². The SMILES string of the molecule is CC(=O)NC(C)c1ccc(-c2csc(NC(=O)Cc3c(C)nn(C)c3C)n2)cc1. The topological polar surface area (TPSA) is 88.9 Å². The molecular weight excluding hydrogens is 386 g/mol. The maximum absolute atomic E-state index is 12.4. The zero-order valence-corrected chi connectivity index (χ0v) is 18.1. The van der Waals surface area contributed by atoms with Crippen LogP contribution in [0.1, 0.15) is 42.4 Å². The summed E-state index contributed by atoms with van der Waals surface area (Å²) in [5, 5.41) is 12.6. The summed E-state index contributed by atoms with van der Waals surface area (Å²) in [4.78, 5) is 28.2. The van der Waals surface area contributed by atoms with Crippen molar-refractivity contribution in [1.82, 2.24) is 20.1 Å². The summed E-state index contributed by atoms with van der Waals surface area (Å²) in [5.74, 6) is -0.164. The highest BCUT2D eigenvalue weighted by Gasteiger charge is 2.15. The zero-order valence-electron chi connectivity index (χ0n) is 17.2. The molecule has 0 spiro atoms. The van der Waals surface area contributed by atoms with Gasteiger partial charge in [0.1, 0.15) is 0 Å². The first-order chi connectivity index (χ1) is 13.7. The number of hydrogen-bond acceptors (Lipinski definition) is 5. The first kappa shape index (κ1) is 20.7. The van der Waals surface area contributed by atoms with Crippen LogP contribution in [0.3, 0.4) is 0 Å². The number of amides is 2. The highest BCUT2D eigenvalue weighted by Crippen LogP contribution is 2.26. The van der Waals surface area contributed by atoms with Crippen LogP contribution in [0.4, 0.5) is 5.13 Å². The second-order valence-corrected chi connectivity index (χ2v) is 7.94. The van der Waals surface area contributed by atoms with Crippen LogP contribution in [-0.4, -0.2) is 26.6 Å². The van der Waals surface area contributed by atoms with Crippen molar-refractivity contribution in [3.05, 3.63) is 52.2 Å². The van der Waals surface area contributed by atoms with Gasteiger partial charge in [0.25, 0.3) is 0 Å². The van der Waals surface area contributed by atoms with E-state index in [9.17, 15) is 9.59 Å². The summed E-state index contributed by atoms with van der Waals surface area (Å²) in [7, 11) is 1.87. The van der Waals surface area contributed by atoms with E-state index in [0.717, 1.165) is 33.8 Å². The lowest BCUT2D eigenvalue weighted by Gasteiger charge is -2.13. The van der Waals surface area contributed by atoms with Gasteiger partial charge in [0, 0.05) is 36.2 Å². The molecule has 0 radical (unpaired) electrons. The van der Waals surface area contributed by atoms with Crippen LogP contribution < -0.4 is 10.6 Å². The molecule has 2 aromatic heterocycles. The number of nitrogens with one attached hydrogen (secondary N) is 2. The monoisotopic (exact) mass is 411 g/mol. The van der Waals surface area contributed by atoms with Crippen molar-refractivity contribution in [3.8, 4) is 11.3 Å². The van der Waals surface area contributed by atoms with Crippen molar-refractivity contribution in [1.29, 1.82) is 0 Å². The molecule has 0 fully saturated rings. The third-order valence-electron chi connectivity index (χ3n) is 4.87. The molecule has 3 aromatic rings. The molecule has 152 valence electrons. The molecule has 0 aliphatic heterocycles. The van der Waals surface area contributed by atoms with Gasteiger partial charge >= 0.3 is 0 Å². The van der Waals surface area contributed by atoms with Gasteiger partial charge in [-0.2, -0.15) is 5.10 Å². The van der Waals surface area contributed by atoms with Gasteiger partial charge in [-0.05, 0) is 26.3 Å². The van der Waals surface area contributed by atoms with E-state index in [1.807, 2.05) is 57.5 Å². The van der Waals surface area contributed by atoms with Gasteiger partial charge in [-0.1, -0.05) is 24.3 Å². The summed E-state index contributed by atoms with van der Waals surface area (Å²) in [6.07, 6.45) is 0.274. The second kappa shape index (κ2) is 8.57. The molecule has 0 aliphatic carbocycles. The van der Waals surface area contributed by atoms with Crippen LogP contribution in [0.25, 0.3) is 11.3 Å². The number of aromatic nitrogens is 3. The highest BCUT2D eigenvalue weighted by atomic mass is 32.1. The Labute approximate surface area is 174 Å². The Bertz CT molecular complexity index is 1040. The number of aryl methyl sites for hydroxylation is 2. The Kier molecular flexibility index (Phi) is 6.12. The molecule has 2 amide bonds. The molecule has 8 heteroatoms. The standard InChI is InChI=1S/C21H25N5O2S/c1-12(22-15(4)27)16-6-8-17(9-7-16)19-11-29-21(23-19)24-20(28)10-18-13(2)25-26(5)14(18)3/h6-9,11-12H,10H2,1-5H3,(H,22,27)(H,23,24,28). The van der Waals surface area contributed by atoms with Crippen molar-refractivity contribution < 1.29 is 9.59 Å². The lowest BCUT2D eigenvalue weighted by molar-refractivity contribution is -0.119. The van der Waals surface area contributed by atoms with Crippen LogP contribution >= 0.6 is 11.3 Å². The number of nitrogens with zero attached hydrogens (tertiary/aromatic N) is 3. The van der Waals surface area contributed by atoms with Crippen molar-refractivity contribution >= 4 is 28.3 Å². The Balaban J connectivity index is 1.66. The Morgan fingerprint density at radius 2 is 1.90 bits per heavy atom. The summed E-state index contributed by atoms with van der Waals surface area (Å²) in [5.41, 5.74) is 5.59. The fourth-order valence-electron chi connectivity index (χ4n) is 3.19. The molecule has 1 aromatic carbocycles. The van der Waals surface area contributed by atoms with E-state index in [0.29, 0.717) is 5.13 Å². The summed E-state index contributed by atoms with van der Waals surface area (Å²) in [6.45, 7) is 7.32. The van der Waals surface area contributed by atoms with Crippen molar-refractivity contribution in [2.75, 3.05) is 5.32 Å². The predicted octanol–water partition coefficient (Wildman–Crippen LogP) is 3.54. The molecule has 29 heavy (non-hydrogen) atoms. The number of benzene rings is 1. The lowest BCUT2D eigenvalue weighted by Crippen LogP contribution is -2.23. The summed E-state index contributed by atoms with van der Waals surface area (Å²) < 4.78 is 1.79. The molecule has 3 rings (SSSR count). The maximum Gasteiger partial charge on any atom is 0.230 e. The van der Waals surface area contributed by atoms with E-state index in [1.54, 1.807) is 4.68 Å². The second-order valence-electron chi connectivity index (χ2n) is 7.08. The molecule has 2 N–H and O–H groups in total. The number of carbonyl (C=O) groups excluding carboxylic acids is 2. The van der Waals surface area contributed by atoms with Crippen molar-refractivity contribution in [2.24, 2.45) is 7.05 Å². The molecule has 1 unspecified atom stereocenters. The van der Waals surface area contributed by atoms with E-state index in [-0.39, 0.29) is 24.3 Å². The van der Waals surface area contributed by atoms with E-state index in [1.165, 1.54) is 18.3 Å². The van der Waals surface area contributed by atoms with Crippen LogP contribution in [-0.2, 0) is 23.1 Å². The van der Waals surface area contributed by atoms with E-state index >= 15 is 0 Å². The average Bonchev–Trinajstić information content (AvgIpc) is 3.21. The molecule has 0 saturated heterocycles. The molecular formula is C21H25N5O2S. The Hall–Kier alpha value is -3.00. The van der Waals surface area contributed by atoms with E-state index < -0.39 is 0 Å². The minimum atomic E-state index is -0.107. The third-order valence-corrected chi connectivity index (χ3v) is 5.63. The fourth-order valence-corrected chi connectivity index (χ4v) is 3.93. The fraction of sp³-hybridized carbons (Fsp3) is 0.333. The summed E-state index contributed by atoms with van der Waals surface area (Å²) in [6, 6.07) is 7.84. The van der Waals surface area contributed by atoms with Crippen LogP contribution in [0, 0.1) is 13.8 Å². The smallest absolute Gasteiger partial charge is 0.230 e. The predicted molar refractivity (Wildman–Crippen MR) is 115 cm³/mol. The summed E-state index contributed by atoms with van der Waals surface area (Å²) >= 11 is 1.39. The van der Waals surface area contributed by atoms with Gasteiger partial charge in [-0.25, -0.2) is 4.98 Å². The highest BCUT2D eigenvalue weighted by molar-refractivity contribution is 7.14. The van der Waals surface area contributed by atoms with Crippen molar-refractivity contribution in [3.63, 3.8) is 0 Å². The van der Waals surface area contributed by atoms with Gasteiger partial charge < -0.3 is 10.6 Å². The molecule has 0 bridgehead atoms. The first-order valence-electron chi connectivity index (χ1n) is 9.36. The number of anilines is 1. The number of hydrogen-bond donors (Lipinski definition) is 2. The van der Waals surface area contributed by atoms with Crippen LogP contribution in [0.2, 0.25) is 0 Å². The Morgan fingerprint density at radius 3 is 2.48 bits per heavy atom. The zero-order chi connectivity index (χ0) is 21.1. The number of thiazole rings is 1. The molecule has 2 heterocycles. The average molecular weight is 412 g/mol. The van der Waals surface area contributed by atoms with Crippen molar-refractivity contribution in [2.45, 2.75) is 40.2 Å². The molecule has 1 atom stereocenters. The minimum absolute atomic E-state index is 0.0498. The van der Waals surface area contributed by atoms with E-state index in [4.69, 9.17) is 0 Å². The normalized spacial score (nSPS) is 11.9. The minimum Gasteiger partial charge on any atom is -0.350 e. The van der Waals surface area contributed by atoms with Gasteiger partial charge in [0.05, 0.1) is 23.9 Å². The van der Waals surface area contributed by atoms with E-state index in [2.05, 4.69) is 20.7 Å². The Morgan fingerprint density at radius 1 is 1.21 bits per heavy atom. The van der Waals surface area contributed by atoms with Gasteiger partial charge in [-0.15, -0.1) is 11.3 Å². The maximum atomic E-state index is 12.4. The molecule has 0 saturated carbocycles. The number of carbonyl (C=O) groups is 2. The largest absolute Gasteiger partial charge is 0.350 e. The molecule has 0 aliphatic rings. The quantitative estimate of drug-likeness (QED) is 0.649. The lowest BCUT2D eigenvalue weighted by atomic mass is 10.1. The first-order valence-corrected chi connectivity index (χ1v) is 10.2. The van der Waals surface area contributed by atoms with Gasteiger partial charge in [0.15, 0.2) is 5.13 Å².